The standard InChI is InChI=1S/C40H36N6O2/c1-39(2,3)48-38(47)44(4)37-33(29-23-24-36-42-26-35(45(36)27-29)34-22-14-15-25-41-34)28-46(43-37)40(30-16-8-5-9-17-30,31-18-10-6-11-19-31)32-20-12-7-13-21-32/h5-28H,1-4H3. The average molecular weight is 633 g/mol. The Bertz CT molecular complexity index is 2070. The number of rotatable bonds is 7. The first-order valence-electron chi connectivity index (χ1n) is 15.9. The minimum atomic E-state index is -0.885. The number of anilines is 1. The van der Waals surface area contributed by atoms with Crippen LogP contribution in [-0.2, 0) is 10.3 Å². The molecular formula is C40H36N6O2. The van der Waals surface area contributed by atoms with Crippen LogP contribution in [0.3, 0.4) is 0 Å². The average Bonchev–Trinajstić information content (AvgIpc) is 3.75. The Morgan fingerprint density at radius 1 is 0.708 bits per heavy atom. The van der Waals surface area contributed by atoms with Crippen LogP contribution in [0.25, 0.3) is 28.2 Å². The van der Waals surface area contributed by atoms with Gasteiger partial charge in [-0.15, -0.1) is 0 Å². The Morgan fingerprint density at radius 3 is 1.83 bits per heavy atom. The predicted octanol–water partition coefficient (Wildman–Crippen LogP) is 8.47. The Hall–Kier alpha value is -6.02. The van der Waals surface area contributed by atoms with Gasteiger partial charge in [0.25, 0.3) is 0 Å². The number of nitrogens with zero attached hydrogens (tertiary/aromatic N) is 6. The summed E-state index contributed by atoms with van der Waals surface area (Å²) in [6.07, 6.45) is 7.14. The van der Waals surface area contributed by atoms with Gasteiger partial charge in [0.1, 0.15) is 16.8 Å². The number of hydrogen-bond donors (Lipinski definition) is 0. The number of aromatic nitrogens is 5. The van der Waals surface area contributed by atoms with E-state index in [1.807, 2.05) is 133 Å². The van der Waals surface area contributed by atoms with Crippen molar-refractivity contribution in [3.8, 4) is 22.5 Å². The van der Waals surface area contributed by atoms with Gasteiger partial charge in [-0.25, -0.2) is 9.78 Å². The van der Waals surface area contributed by atoms with Crippen LogP contribution in [0.5, 0.6) is 0 Å². The van der Waals surface area contributed by atoms with Crippen LogP contribution in [-0.4, -0.2) is 42.9 Å². The molecule has 1 amide bonds. The van der Waals surface area contributed by atoms with Crippen LogP contribution in [0, 0.1) is 0 Å². The molecule has 0 radical (unpaired) electrons. The number of imidazole rings is 1. The lowest BCUT2D eigenvalue weighted by Crippen LogP contribution is -2.39. The Balaban J connectivity index is 1.51. The molecule has 7 rings (SSSR count). The Morgan fingerprint density at radius 2 is 1.29 bits per heavy atom. The normalized spacial score (nSPS) is 11.8. The summed E-state index contributed by atoms with van der Waals surface area (Å²) in [5.41, 5.74) is 5.51. The van der Waals surface area contributed by atoms with Gasteiger partial charge < -0.3 is 4.74 Å². The molecule has 0 saturated heterocycles. The molecule has 0 N–H and O–H groups in total. The van der Waals surface area contributed by atoms with E-state index in [1.54, 1.807) is 13.2 Å². The highest BCUT2D eigenvalue weighted by molar-refractivity contribution is 5.92. The van der Waals surface area contributed by atoms with E-state index in [9.17, 15) is 4.79 Å². The molecule has 0 aliphatic rings. The third-order valence-electron chi connectivity index (χ3n) is 8.34. The van der Waals surface area contributed by atoms with E-state index in [0.29, 0.717) is 5.82 Å². The third-order valence-corrected chi connectivity index (χ3v) is 8.34. The van der Waals surface area contributed by atoms with E-state index in [4.69, 9.17) is 9.84 Å². The molecule has 4 heterocycles. The number of benzene rings is 3. The maximum Gasteiger partial charge on any atom is 0.415 e. The van der Waals surface area contributed by atoms with E-state index in [1.165, 1.54) is 4.90 Å². The predicted molar refractivity (Wildman–Crippen MR) is 189 cm³/mol. The monoisotopic (exact) mass is 632 g/mol. The lowest BCUT2D eigenvalue weighted by atomic mass is 9.77. The topological polar surface area (TPSA) is 77.6 Å². The van der Waals surface area contributed by atoms with Crippen molar-refractivity contribution in [2.24, 2.45) is 0 Å². The number of ether oxygens (including phenoxy) is 1. The van der Waals surface area contributed by atoms with Crippen molar-refractivity contribution in [1.82, 2.24) is 24.1 Å². The summed E-state index contributed by atoms with van der Waals surface area (Å²) < 4.78 is 9.84. The molecular weight excluding hydrogens is 596 g/mol. The minimum absolute atomic E-state index is 0.454. The molecule has 0 aliphatic heterocycles. The highest BCUT2D eigenvalue weighted by atomic mass is 16.6. The van der Waals surface area contributed by atoms with Gasteiger partial charge in [-0.1, -0.05) is 97.1 Å². The quantitative estimate of drug-likeness (QED) is 0.165. The van der Waals surface area contributed by atoms with Gasteiger partial charge in [0.2, 0.25) is 0 Å². The number of pyridine rings is 2. The van der Waals surface area contributed by atoms with Gasteiger partial charge >= 0.3 is 6.09 Å². The SMILES string of the molecule is CN(C(=O)OC(C)(C)C)c1nn(C(c2ccccc2)(c2ccccc2)c2ccccc2)cc1-c1ccc2ncc(-c3ccccn3)n2c1. The molecule has 7 aromatic rings. The van der Waals surface area contributed by atoms with Crippen molar-refractivity contribution in [3.05, 3.63) is 163 Å². The zero-order valence-corrected chi connectivity index (χ0v) is 27.4. The molecule has 0 spiro atoms. The maximum atomic E-state index is 13.7. The van der Waals surface area contributed by atoms with Crippen LogP contribution in [0.4, 0.5) is 10.6 Å². The summed E-state index contributed by atoms with van der Waals surface area (Å²) >= 11 is 0. The lowest BCUT2D eigenvalue weighted by molar-refractivity contribution is 0.0588. The molecule has 3 aromatic carbocycles. The highest BCUT2D eigenvalue weighted by Crippen LogP contribution is 2.43. The summed E-state index contributed by atoms with van der Waals surface area (Å²) in [6, 6.07) is 40.8. The molecule has 0 bridgehead atoms. The number of carbonyl (C=O) groups is 1. The molecule has 8 heteroatoms. The summed E-state index contributed by atoms with van der Waals surface area (Å²) in [7, 11) is 1.70. The number of hydrogen-bond acceptors (Lipinski definition) is 5. The summed E-state index contributed by atoms with van der Waals surface area (Å²) in [6.45, 7) is 5.57. The van der Waals surface area contributed by atoms with Crippen LogP contribution >= 0.6 is 0 Å². The van der Waals surface area contributed by atoms with Crippen molar-refractivity contribution in [3.63, 3.8) is 0 Å². The second-order valence-corrected chi connectivity index (χ2v) is 12.7. The van der Waals surface area contributed by atoms with Crippen molar-refractivity contribution < 1.29 is 9.53 Å². The van der Waals surface area contributed by atoms with Crippen LogP contribution in [0.15, 0.2) is 146 Å². The van der Waals surface area contributed by atoms with Crippen LogP contribution in [0.1, 0.15) is 37.5 Å². The first-order chi connectivity index (χ1) is 23.3. The molecule has 0 atom stereocenters. The van der Waals surface area contributed by atoms with Crippen molar-refractivity contribution in [1.29, 1.82) is 0 Å². The fourth-order valence-electron chi connectivity index (χ4n) is 6.18. The Kier molecular flexibility index (Phi) is 7.85. The van der Waals surface area contributed by atoms with Crippen molar-refractivity contribution in [2.45, 2.75) is 31.9 Å². The van der Waals surface area contributed by atoms with E-state index in [2.05, 4.69) is 46.4 Å². The van der Waals surface area contributed by atoms with Gasteiger partial charge in [-0.2, -0.15) is 5.10 Å². The highest BCUT2D eigenvalue weighted by Gasteiger charge is 2.41. The van der Waals surface area contributed by atoms with E-state index >= 15 is 0 Å². The molecule has 4 aromatic heterocycles. The Labute approximate surface area is 279 Å². The zero-order valence-electron chi connectivity index (χ0n) is 27.4. The van der Waals surface area contributed by atoms with E-state index in [-0.39, 0.29) is 0 Å². The molecule has 238 valence electrons. The second-order valence-electron chi connectivity index (χ2n) is 12.7. The van der Waals surface area contributed by atoms with Crippen LogP contribution in [0.2, 0.25) is 0 Å². The minimum Gasteiger partial charge on any atom is -0.443 e. The van der Waals surface area contributed by atoms with Gasteiger partial charge in [0.15, 0.2) is 5.82 Å². The summed E-state index contributed by atoms with van der Waals surface area (Å²) in [5.74, 6) is 0.454. The van der Waals surface area contributed by atoms with Gasteiger partial charge in [0.05, 0.1) is 17.6 Å². The fourth-order valence-corrected chi connectivity index (χ4v) is 6.18. The number of amides is 1. The van der Waals surface area contributed by atoms with Gasteiger partial charge in [-0.05, 0) is 61.7 Å². The molecule has 48 heavy (non-hydrogen) atoms. The molecule has 0 saturated carbocycles. The largest absolute Gasteiger partial charge is 0.443 e. The maximum absolute atomic E-state index is 13.7. The molecule has 0 unspecified atom stereocenters. The first kappa shape index (κ1) is 30.6. The summed E-state index contributed by atoms with van der Waals surface area (Å²) in [4.78, 5) is 24.3. The second kappa shape index (κ2) is 12.3. The van der Waals surface area contributed by atoms with Crippen LogP contribution < -0.4 is 4.90 Å². The smallest absolute Gasteiger partial charge is 0.415 e. The van der Waals surface area contributed by atoms with Crippen molar-refractivity contribution >= 4 is 17.6 Å². The number of fused-ring (bicyclic) bond motifs is 1. The van der Waals surface area contributed by atoms with E-state index in [0.717, 1.165) is 44.9 Å². The molecule has 8 nitrogen and oxygen atoms in total. The fraction of sp³-hybridized carbons (Fsp3) is 0.150. The zero-order chi connectivity index (χ0) is 33.3. The third kappa shape index (κ3) is 5.51. The first-order valence-corrected chi connectivity index (χ1v) is 15.9. The van der Waals surface area contributed by atoms with Crippen molar-refractivity contribution in [2.75, 3.05) is 11.9 Å². The van der Waals surface area contributed by atoms with Gasteiger partial charge in [-0.3, -0.25) is 19.0 Å². The number of carbonyl (C=O) groups excluding carboxylic acids is 1. The lowest BCUT2D eigenvalue weighted by Gasteiger charge is -2.36. The summed E-state index contributed by atoms with van der Waals surface area (Å²) in [5, 5.41) is 5.29. The molecule has 0 fully saturated rings. The van der Waals surface area contributed by atoms with Gasteiger partial charge in [0, 0.05) is 36.8 Å². The molecule has 0 aliphatic carbocycles. The van der Waals surface area contributed by atoms with E-state index < -0.39 is 17.2 Å².